The largest absolute Gasteiger partial charge is 0.399 e. The molecule has 0 aliphatic carbocycles. The molecule has 13 heavy (non-hydrogen) atoms. The van der Waals surface area contributed by atoms with E-state index in [2.05, 4.69) is 10.8 Å². The molecule has 1 aromatic carbocycles. The van der Waals surface area contributed by atoms with E-state index in [0.29, 0.717) is 6.54 Å². The predicted octanol–water partition coefficient (Wildman–Crippen LogP) is 1.33. The summed E-state index contributed by atoms with van der Waals surface area (Å²) in [7, 11) is 2.00. The number of nitrogens with zero attached hydrogens (tertiary/aromatic N) is 1. The zero-order valence-electron chi connectivity index (χ0n) is 7.83. The normalized spacial score (nSPS) is 9.92. The maximum atomic E-state index is 5.57. The molecule has 0 saturated carbocycles. The van der Waals surface area contributed by atoms with E-state index in [9.17, 15) is 0 Å². The van der Waals surface area contributed by atoms with Gasteiger partial charge in [0.2, 0.25) is 0 Å². The molecule has 1 rings (SSSR count). The van der Waals surface area contributed by atoms with Gasteiger partial charge in [0, 0.05) is 12.2 Å². The third kappa shape index (κ3) is 3.18. The minimum Gasteiger partial charge on any atom is -0.399 e. The van der Waals surface area contributed by atoms with Crippen molar-refractivity contribution in [1.29, 1.82) is 0 Å². The lowest BCUT2D eigenvalue weighted by Crippen LogP contribution is -2.17. The molecule has 68 valence electrons. The number of rotatable bonds is 3. The molecule has 0 aliphatic heterocycles. The van der Waals surface area contributed by atoms with Crippen molar-refractivity contribution in [3.05, 3.63) is 29.8 Å². The first kappa shape index (κ1) is 9.63. The number of benzene rings is 1. The SMILES string of the molecule is C#CCN(C)Cc1ccc(N)cc1. The van der Waals surface area contributed by atoms with Crippen molar-refractivity contribution >= 4 is 5.69 Å². The minimum atomic E-state index is 0.671. The Morgan fingerprint density at radius 3 is 2.54 bits per heavy atom. The number of hydrogen-bond acceptors (Lipinski definition) is 2. The average Bonchev–Trinajstić information content (AvgIpc) is 2.09. The molecule has 0 aliphatic rings. The van der Waals surface area contributed by atoms with Gasteiger partial charge in [-0.15, -0.1) is 6.42 Å². The summed E-state index contributed by atoms with van der Waals surface area (Å²) in [6.07, 6.45) is 5.20. The van der Waals surface area contributed by atoms with Crippen LogP contribution in [0.1, 0.15) is 5.56 Å². The van der Waals surface area contributed by atoms with Crippen LogP contribution in [0.15, 0.2) is 24.3 Å². The fraction of sp³-hybridized carbons (Fsp3) is 0.273. The monoisotopic (exact) mass is 174 g/mol. The van der Waals surface area contributed by atoms with Crippen molar-refractivity contribution in [2.75, 3.05) is 19.3 Å². The molecule has 0 bridgehead atoms. The van der Waals surface area contributed by atoms with Gasteiger partial charge >= 0.3 is 0 Å². The molecule has 0 amide bonds. The van der Waals surface area contributed by atoms with Crippen LogP contribution < -0.4 is 5.73 Å². The van der Waals surface area contributed by atoms with Gasteiger partial charge in [-0.05, 0) is 24.7 Å². The van der Waals surface area contributed by atoms with Crippen LogP contribution in [0.25, 0.3) is 0 Å². The summed E-state index contributed by atoms with van der Waals surface area (Å²) in [6, 6.07) is 7.84. The van der Waals surface area contributed by atoms with Crippen LogP contribution in [0.5, 0.6) is 0 Å². The molecule has 2 N–H and O–H groups in total. The van der Waals surface area contributed by atoms with E-state index in [1.807, 2.05) is 31.3 Å². The summed E-state index contributed by atoms with van der Waals surface area (Å²) in [5, 5.41) is 0. The van der Waals surface area contributed by atoms with Crippen LogP contribution in [0.4, 0.5) is 5.69 Å². The van der Waals surface area contributed by atoms with Crippen molar-refractivity contribution in [3.63, 3.8) is 0 Å². The van der Waals surface area contributed by atoms with E-state index in [1.54, 1.807) is 0 Å². The van der Waals surface area contributed by atoms with Gasteiger partial charge in [0.1, 0.15) is 0 Å². The number of hydrogen-bond donors (Lipinski definition) is 1. The molecule has 0 saturated heterocycles. The van der Waals surface area contributed by atoms with Gasteiger partial charge in [-0.1, -0.05) is 18.1 Å². The lowest BCUT2D eigenvalue weighted by molar-refractivity contribution is 0.369. The van der Waals surface area contributed by atoms with Crippen molar-refractivity contribution < 1.29 is 0 Å². The fourth-order valence-electron chi connectivity index (χ4n) is 1.15. The molecule has 0 fully saturated rings. The van der Waals surface area contributed by atoms with Gasteiger partial charge in [-0.3, -0.25) is 4.90 Å². The second-order valence-electron chi connectivity index (χ2n) is 3.12. The van der Waals surface area contributed by atoms with E-state index < -0.39 is 0 Å². The van der Waals surface area contributed by atoms with Crippen molar-refractivity contribution in [1.82, 2.24) is 4.90 Å². The highest BCUT2D eigenvalue weighted by Gasteiger charge is 1.97. The molecule has 2 heteroatoms. The zero-order valence-corrected chi connectivity index (χ0v) is 7.83. The molecule has 1 aromatic rings. The topological polar surface area (TPSA) is 29.3 Å². The maximum absolute atomic E-state index is 5.57. The molecule has 0 unspecified atom stereocenters. The Morgan fingerprint density at radius 1 is 1.38 bits per heavy atom. The molecule has 0 heterocycles. The van der Waals surface area contributed by atoms with E-state index in [1.165, 1.54) is 5.56 Å². The zero-order chi connectivity index (χ0) is 9.68. The van der Waals surface area contributed by atoms with E-state index in [0.717, 1.165) is 12.2 Å². The highest BCUT2D eigenvalue weighted by molar-refractivity contribution is 5.39. The Labute approximate surface area is 79.4 Å². The Bertz CT molecular complexity index is 295. The Kier molecular flexibility index (Phi) is 3.36. The summed E-state index contributed by atoms with van der Waals surface area (Å²) in [5.41, 5.74) is 7.59. The third-order valence-corrected chi connectivity index (χ3v) is 1.79. The van der Waals surface area contributed by atoms with Crippen LogP contribution in [0.2, 0.25) is 0 Å². The van der Waals surface area contributed by atoms with Crippen LogP contribution >= 0.6 is 0 Å². The van der Waals surface area contributed by atoms with E-state index in [4.69, 9.17) is 12.2 Å². The Morgan fingerprint density at radius 2 is 2.00 bits per heavy atom. The van der Waals surface area contributed by atoms with Gasteiger partial charge in [0.05, 0.1) is 6.54 Å². The first-order valence-corrected chi connectivity index (χ1v) is 4.19. The van der Waals surface area contributed by atoms with Gasteiger partial charge in [-0.2, -0.15) is 0 Å². The summed E-state index contributed by atoms with van der Waals surface area (Å²) < 4.78 is 0. The minimum absolute atomic E-state index is 0.671. The molecular weight excluding hydrogens is 160 g/mol. The number of nitrogen functional groups attached to an aromatic ring is 1. The Hall–Kier alpha value is -1.46. The van der Waals surface area contributed by atoms with Crippen molar-refractivity contribution in [3.8, 4) is 12.3 Å². The maximum Gasteiger partial charge on any atom is 0.0599 e. The van der Waals surface area contributed by atoms with Crippen LogP contribution in [-0.2, 0) is 6.54 Å². The Balaban J connectivity index is 2.55. The summed E-state index contributed by atoms with van der Waals surface area (Å²) in [5.74, 6) is 2.60. The molecule has 0 atom stereocenters. The second-order valence-corrected chi connectivity index (χ2v) is 3.12. The van der Waals surface area contributed by atoms with Crippen molar-refractivity contribution in [2.24, 2.45) is 0 Å². The van der Waals surface area contributed by atoms with E-state index >= 15 is 0 Å². The lowest BCUT2D eigenvalue weighted by Gasteiger charge is -2.12. The highest BCUT2D eigenvalue weighted by Crippen LogP contribution is 2.06. The number of terminal acetylenes is 1. The molecule has 2 nitrogen and oxygen atoms in total. The molecule has 0 aromatic heterocycles. The molecule has 0 spiro atoms. The van der Waals surface area contributed by atoms with E-state index in [-0.39, 0.29) is 0 Å². The van der Waals surface area contributed by atoms with Gasteiger partial charge in [0.15, 0.2) is 0 Å². The van der Waals surface area contributed by atoms with Gasteiger partial charge in [0.25, 0.3) is 0 Å². The number of nitrogens with two attached hydrogens (primary N) is 1. The smallest absolute Gasteiger partial charge is 0.0599 e. The predicted molar refractivity (Wildman–Crippen MR) is 56.0 cm³/mol. The van der Waals surface area contributed by atoms with Crippen LogP contribution in [0, 0.1) is 12.3 Å². The first-order valence-electron chi connectivity index (χ1n) is 4.19. The summed E-state index contributed by atoms with van der Waals surface area (Å²) >= 11 is 0. The molecule has 0 radical (unpaired) electrons. The summed E-state index contributed by atoms with van der Waals surface area (Å²) in [4.78, 5) is 2.07. The van der Waals surface area contributed by atoms with Crippen LogP contribution in [-0.4, -0.2) is 18.5 Å². The quantitative estimate of drug-likeness (QED) is 0.553. The van der Waals surface area contributed by atoms with Gasteiger partial charge in [-0.25, -0.2) is 0 Å². The number of anilines is 1. The highest BCUT2D eigenvalue weighted by atomic mass is 15.1. The second kappa shape index (κ2) is 4.54. The average molecular weight is 174 g/mol. The standard InChI is InChI=1S/C11H14N2/c1-3-8-13(2)9-10-4-6-11(12)7-5-10/h1,4-7H,8-9,12H2,2H3. The molecular formula is C11H14N2. The first-order chi connectivity index (χ1) is 6.22. The fourth-order valence-corrected chi connectivity index (χ4v) is 1.15. The summed E-state index contributed by atoms with van der Waals surface area (Å²) in [6.45, 7) is 1.54. The lowest BCUT2D eigenvalue weighted by atomic mass is 10.2. The van der Waals surface area contributed by atoms with Gasteiger partial charge < -0.3 is 5.73 Å². The van der Waals surface area contributed by atoms with Crippen LogP contribution in [0.3, 0.4) is 0 Å². The third-order valence-electron chi connectivity index (χ3n) is 1.79. The van der Waals surface area contributed by atoms with Crippen molar-refractivity contribution in [2.45, 2.75) is 6.54 Å².